The van der Waals surface area contributed by atoms with Crippen LogP contribution < -0.4 is 10.1 Å². The lowest BCUT2D eigenvalue weighted by Crippen LogP contribution is -2.36. The lowest BCUT2D eigenvalue weighted by Gasteiger charge is -2.26. The Morgan fingerprint density at radius 2 is 1.70 bits per heavy atom. The Hall–Kier alpha value is -2.85. The molecule has 0 aliphatic carbocycles. The summed E-state index contributed by atoms with van der Waals surface area (Å²) in [7, 11) is 0. The molecule has 0 aromatic heterocycles. The number of hydrogen-bond donors (Lipinski definition) is 1. The fourth-order valence-corrected chi connectivity index (χ4v) is 4.04. The number of rotatable bonds is 7. The highest BCUT2D eigenvalue weighted by Gasteiger charge is 2.15. The average Bonchev–Trinajstić information content (AvgIpc) is 2.78. The molecule has 4 nitrogen and oxygen atoms in total. The van der Waals surface area contributed by atoms with Gasteiger partial charge in [-0.15, -0.1) is 0 Å². The van der Waals surface area contributed by atoms with E-state index in [1.165, 1.54) is 37.9 Å². The summed E-state index contributed by atoms with van der Waals surface area (Å²) >= 11 is 0. The second-order valence-electron chi connectivity index (χ2n) is 8.14. The summed E-state index contributed by atoms with van der Waals surface area (Å²) in [5, 5.41) is 5.27. The van der Waals surface area contributed by atoms with Crippen LogP contribution in [0.15, 0.2) is 66.7 Å². The highest BCUT2D eigenvalue weighted by Crippen LogP contribution is 2.21. The molecule has 1 unspecified atom stereocenters. The van der Waals surface area contributed by atoms with Crippen LogP contribution in [-0.2, 0) is 17.9 Å². The van der Waals surface area contributed by atoms with Crippen LogP contribution in [0, 0.1) is 0 Å². The zero-order chi connectivity index (χ0) is 20.8. The number of ether oxygens (including phenoxy) is 1. The molecule has 0 saturated carbocycles. The Morgan fingerprint density at radius 1 is 0.933 bits per heavy atom. The molecule has 4 heteroatoms. The summed E-state index contributed by atoms with van der Waals surface area (Å²) in [6.45, 7) is 5.66. The van der Waals surface area contributed by atoms with Crippen LogP contribution in [0.25, 0.3) is 10.8 Å². The monoisotopic (exact) mass is 402 g/mol. The lowest BCUT2D eigenvalue weighted by molar-refractivity contribution is -0.127. The van der Waals surface area contributed by atoms with Crippen LogP contribution in [0.1, 0.15) is 37.3 Å². The number of carbonyl (C=O) groups is 1. The molecule has 3 aromatic rings. The van der Waals surface area contributed by atoms with Crippen molar-refractivity contribution in [1.29, 1.82) is 0 Å². The van der Waals surface area contributed by atoms with E-state index in [1.54, 1.807) is 6.92 Å². The molecule has 0 radical (unpaired) electrons. The molecule has 1 aliphatic rings. The zero-order valence-corrected chi connectivity index (χ0v) is 17.6. The Kier molecular flexibility index (Phi) is 6.65. The van der Waals surface area contributed by atoms with Gasteiger partial charge in [0.05, 0.1) is 0 Å². The molecule has 3 aromatic carbocycles. The third-order valence-corrected chi connectivity index (χ3v) is 5.72. The second kappa shape index (κ2) is 9.77. The normalized spacial score (nSPS) is 15.6. The SMILES string of the molecule is CC(Oc1ccc2ccccc2c1)C(=O)NCc1cccc(CN2CCCCC2)c1. The van der Waals surface area contributed by atoms with Crippen molar-refractivity contribution in [3.05, 3.63) is 77.9 Å². The Bertz CT molecular complexity index is 995. The van der Waals surface area contributed by atoms with Crippen LogP contribution in [0.2, 0.25) is 0 Å². The molecule has 1 fully saturated rings. The van der Waals surface area contributed by atoms with Gasteiger partial charge >= 0.3 is 0 Å². The first-order valence-electron chi connectivity index (χ1n) is 10.9. The zero-order valence-electron chi connectivity index (χ0n) is 17.6. The van der Waals surface area contributed by atoms with Crippen molar-refractivity contribution in [3.8, 4) is 5.75 Å². The van der Waals surface area contributed by atoms with Gasteiger partial charge in [0.1, 0.15) is 5.75 Å². The molecular formula is C26H30N2O2. The van der Waals surface area contributed by atoms with E-state index in [2.05, 4.69) is 40.5 Å². The number of hydrogen-bond acceptors (Lipinski definition) is 3. The number of amides is 1. The highest BCUT2D eigenvalue weighted by molar-refractivity contribution is 5.84. The second-order valence-corrected chi connectivity index (χ2v) is 8.14. The van der Waals surface area contributed by atoms with Crippen LogP contribution in [0.4, 0.5) is 0 Å². The van der Waals surface area contributed by atoms with Gasteiger partial charge in [0, 0.05) is 13.1 Å². The summed E-state index contributed by atoms with van der Waals surface area (Å²) in [5.41, 5.74) is 2.43. The maximum atomic E-state index is 12.5. The third-order valence-electron chi connectivity index (χ3n) is 5.72. The third kappa shape index (κ3) is 5.39. The molecule has 4 rings (SSSR count). The Balaban J connectivity index is 1.30. The van der Waals surface area contributed by atoms with Gasteiger partial charge in [0.25, 0.3) is 5.91 Å². The largest absolute Gasteiger partial charge is 0.481 e. The maximum Gasteiger partial charge on any atom is 0.261 e. The standard InChI is InChI=1S/C26H30N2O2/c1-20(30-25-13-12-23-10-3-4-11-24(23)17-25)26(29)27-18-21-8-7-9-22(16-21)19-28-14-5-2-6-15-28/h3-4,7-13,16-17,20H,2,5-6,14-15,18-19H2,1H3,(H,27,29). The molecular weight excluding hydrogens is 372 g/mol. The van der Waals surface area contributed by atoms with Crippen LogP contribution in [-0.4, -0.2) is 30.0 Å². The van der Waals surface area contributed by atoms with E-state index in [1.807, 2.05) is 36.4 Å². The predicted octanol–water partition coefficient (Wildman–Crippen LogP) is 4.91. The van der Waals surface area contributed by atoms with Crippen molar-refractivity contribution >= 4 is 16.7 Å². The minimum Gasteiger partial charge on any atom is -0.481 e. The van der Waals surface area contributed by atoms with Gasteiger partial charge in [-0.05, 0) is 66.9 Å². The van der Waals surface area contributed by atoms with Crippen molar-refractivity contribution in [3.63, 3.8) is 0 Å². The van der Waals surface area contributed by atoms with Gasteiger partial charge in [0.2, 0.25) is 0 Å². The van der Waals surface area contributed by atoms with Gasteiger partial charge in [0.15, 0.2) is 6.10 Å². The van der Waals surface area contributed by atoms with E-state index in [0.29, 0.717) is 12.3 Å². The highest BCUT2D eigenvalue weighted by atomic mass is 16.5. The van der Waals surface area contributed by atoms with Gasteiger partial charge in [-0.3, -0.25) is 9.69 Å². The van der Waals surface area contributed by atoms with Crippen LogP contribution in [0.5, 0.6) is 5.75 Å². The van der Waals surface area contributed by atoms with Gasteiger partial charge in [-0.2, -0.15) is 0 Å². The van der Waals surface area contributed by atoms with E-state index < -0.39 is 6.10 Å². The van der Waals surface area contributed by atoms with E-state index in [-0.39, 0.29) is 5.91 Å². The molecule has 1 amide bonds. The van der Waals surface area contributed by atoms with E-state index in [9.17, 15) is 4.79 Å². The number of benzene rings is 3. The topological polar surface area (TPSA) is 41.6 Å². The maximum absolute atomic E-state index is 12.5. The summed E-state index contributed by atoms with van der Waals surface area (Å²) in [6, 6.07) is 22.5. The van der Waals surface area contributed by atoms with Gasteiger partial charge in [-0.1, -0.05) is 61.0 Å². The predicted molar refractivity (Wildman–Crippen MR) is 121 cm³/mol. The van der Waals surface area contributed by atoms with Crippen molar-refractivity contribution in [2.24, 2.45) is 0 Å². The first-order chi connectivity index (χ1) is 14.7. The number of nitrogens with one attached hydrogen (secondary N) is 1. The smallest absolute Gasteiger partial charge is 0.261 e. The average molecular weight is 403 g/mol. The van der Waals surface area contributed by atoms with Gasteiger partial charge in [-0.25, -0.2) is 0 Å². The van der Waals surface area contributed by atoms with Crippen LogP contribution >= 0.6 is 0 Å². The molecule has 156 valence electrons. The van der Waals surface area contributed by atoms with Crippen molar-refractivity contribution in [1.82, 2.24) is 10.2 Å². The van der Waals surface area contributed by atoms with Crippen molar-refractivity contribution in [2.45, 2.75) is 45.4 Å². The minimum atomic E-state index is -0.553. The molecule has 30 heavy (non-hydrogen) atoms. The van der Waals surface area contributed by atoms with E-state index in [4.69, 9.17) is 4.74 Å². The summed E-state index contributed by atoms with van der Waals surface area (Å²) in [6.07, 6.45) is 3.39. The Labute approximate surface area is 178 Å². The molecule has 0 bridgehead atoms. The molecule has 1 aliphatic heterocycles. The number of likely N-dealkylation sites (tertiary alicyclic amines) is 1. The summed E-state index contributed by atoms with van der Waals surface area (Å²) < 4.78 is 5.88. The molecule has 1 atom stereocenters. The van der Waals surface area contributed by atoms with E-state index in [0.717, 1.165) is 22.9 Å². The first-order valence-corrected chi connectivity index (χ1v) is 10.9. The summed E-state index contributed by atoms with van der Waals surface area (Å²) in [5.74, 6) is 0.601. The molecule has 1 saturated heterocycles. The fourth-order valence-electron chi connectivity index (χ4n) is 4.04. The fraction of sp³-hybridized carbons (Fsp3) is 0.346. The lowest BCUT2D eigenvalue weighted by atomic mass is 10.1. The van der Waals surface area contributed by atoms with Gasteiger partial charge < -0.3 is 10.1 Å². The van der Waals surface area contributed by atoms with Crippen LogP contribution in [0.3, 0.4) is 0 Å². The molecule has 0 spiro atoms. The number of nitrogens with zero attached hydrogens (tertiary/aromatic N) is 1. The minimum absolute atomic E-state index is 0.107. The first kappa shape index (κ1) is 20.4. The number of fused-ring (bicyclic) bond motifs is 1. The summed E-state index contributed by atoms with van der Waals surface area (Å²) in [4.78, 5) is 15.1. The Morgan fingerprint density at radius 3 is 2.53 bits per heavy atom. The molecule has 1 heterocycles. The van der Waals surface area contributed by atoms with E-state index >= 15 is 0 Å². The van der Waals surface area contributed by atoms with Crippen molar-refractivity contribution < 1.29 is 9.53 Å². The quantitative estimate of drug-likeness (QED) is 0.611. The molecule has 1 N–H and O–H groups in total. The number of carbonyl (C=O) groups excluding carboxylic acids is 1. The number of piperidine rings is 1. The van der Waals surface area contributed by atoms with Crippen molar-refractivity contribution in [2.75, 3.05) is 13.1 Å².